The van der Waals surface area contributed by atoms with Gasteiger partial charge in [-0.3, -0.25) is 0 Å². The van der Waals surface area contributed by atoms with E-state index in [0.717, 1.165) is 0 Å². The number of halogens is 4. The van der Waals surface area contributed by atoms with E-state index in [2.05, 4.69) is 0 Å². The van der Waals surface area contributed by atoms with Crippen molar-refractivity contribution in [2.24, 2.45) is 0 Å². The molecule has 1 rings (SSSR count). The highest BCUT2D eigenvalue weighted by Crippen LogP contribution is 2.33. The Morgan fingerprint density at radius 2 is 1.67 bits per heavy atom. The number of rotatable bonds is 2. The van der Waals surface area contributed by atoms with Crippen LogP contribution in [-0.2, 0) is 4.33 Å². The molecule has 0 spiro atoms. The van der Waals surface area contributed by atoms with Crippen molar-refractivity contribution in [2.75, 3.05) is 6.67 Å². The van der Waals surface area contributed by atoms with Crippen molar-refractivity contribution in [3.63, 3.8) is 0 Å². The van der Waals surface area contributed by atoms with Gasteiger partial charge in [0.2, 0.25) is 0 Å². The molecule has 4 heteroatoms. The van der Waals surface area contributed by atoms with Crippen LogP contribution in [0.15, 0.2) is 24.3 Å². The van der Waals surface area contributed by atoms with E-state index in [1.165, 1.54) is 24.3 Å². The summed E-state index contributed by atoms with van der Waals surface area (Å²) in [5.41, 5.74) is 0.356. The number of hydrogen-bond donors (Lipinski definition) is 0. The summed E-state index contributed by atoms with van der Waals surface area (Å²) in [6.07, 6.45) is 0. The molecule has 0 aliphatic carbocycles. The molecule has 1 aromatic rings. The van der Waals surface area contributed by atoms with Gasteiger partial charge < -0.3 is 0 Å². The van der Waals surface area contributed by atoms with E-state index in [-0.39, 0.29) is 0 Å². The summed E-state index contributed by atoms with van der Waals surface area (Å²) >= 11 is 11.1. The summed E-state index contributed by atoms with van der Waals surface area (Å²) in [4.78, 5) is 0. The summed E-state index contributed by atoms with van der Waals surface area (Å²) < 4.78 is 23.0. The van der Waals surface area contributed by atoms with E-state index >= 15 is 0 Å². The van der Waals surface area contributed by atoms with Gasteiger partial charge in [-0.15, -0.1) is 0 Å². The zero-order valence-corrected chi connectivity index (χ0v) is 7.54. The molecule has 0 aromatic heterocycles. The molecule has 0 radical (unpaired) electrons. The van der Waals surface area contributed by atoms with Gasteiger partial charge in [0.05, 0.1) is 0 Å². The SMILES string of the molecule is FCC(Cl)(Cl)c1ccc(F)cc1. The van der Waals surface area contributed by atoms with E-state index in [4.69, 9.17) is 23.2 Å². The van der Waals surface area contributed by atoms with Gasteiger partial charge in [-0.2, -0.15) is 0 Å². The third kappa shape index (κ3) is 2.08. The summed E-state index contributed by atoms with van der Waals surface area (Å²) in [5, 5.41) is 0. The molecule has 0 atom stereocenters. The molecule has 1 aromatic carbocycles. The first-order valence-corrected chi connectivity index (χ1v) is 4.02. The topological polar surface area (TPSA) is 0 Å². The maximum absolute atomic E-state index is 12.4. The fourth-order valence-corrected chi connectivity index (χ4v) is 1.02. The average Bonchev–Trinajstić information content (AvgIpc) is 2.05. The lowest BCUT2D eigenvalue weighted by atomic mass is 10.1. The van der Waals surface area contributed by atoms with Crippen LogP contribution in [0.2, 0.25) is 0 Å². The quantitative estimate of drug-likeness (QED) is 0.657. The number of benzene rings is 1. The summed E-state index contributed by atoms with van der Waals surface area (Å²) in [6.45, 7) is -0.901. The van der Waals surface area contributed by atoms with Crippen molar-refractivity contribution < 1.29 is 8.78 Å². The Morgan fingerprint density at radius 3 is 2.08 bits per heavy atom. The third-order valence-electron chi connectivity index (χ3n) is 1.43. The van der Waals surface area contributed by atoms with E-state index < -0.39 is 16.8 Å². The summed E-state index contributed by atoms with van der Waals surface area (Å²) in [6, 6.07) is 5.08. The lowest BCUT2D eigenvalue weighted by Gasteiger charge is -2.14. The van der Waals surface area contributed by atoms with Crippen molar-refractivity contribution in [1.29, 1.82) is 0 Å². The Labute approximate surface area is 79.1 Å². The van der Waals surface area contributed by atoms with E-state index in [1.54, 1.807) is 0 Å². The molecule has 12 heavy (non-hydrogen) atoms. The van der Waals surface area contributed by atoms with Gasteiger partial charge in [-0.25, -0.2) is 8.78 Å². The fraction of sp³-hybridized carbons (Fsp3) is 0.250. The molecule has 0 N–H and O–H groups in total. The Kier molecular flexibility index (Phi) is 2.91. The second-order valence-electron chi connectivity index (χ2n) is 2.34. The van der Waals surface area contributed by atoms with Crippen molar-refractivity contribution in [3.05, 3.63) is 35.6 Å². The first-order valence-electron chi connectivity index (χ1n) is 3.26. The minimum Gasteiger partial charge on any atom is -0.247 e. The Bertz CT molecular complexity index is 256. The van der Waals surface area contributed by atoms with E-state index in [0.29, 0.717) is 5.56 Å². The average molecular weight is 211 g/mol. The van der Waals surface area contributed by atoms with Crippen LogP contribution in [0.1, 0.15) is 5.56 Å². The second kappa shape index (κ2) is 3.58. The predicted octanol–water partition coefficient (Wildman–Crippen LogP) is 3.43. The van der Waals surface area contributed by atoms with Crippen molar-refractivity contribution in [3.8, 4) is 0 Å². The van der Waals surface area contributed by atoms with Crippen LogP contribution in [0, 0.1) is 5.82 Å². The standard InChI is InChI=1S/C8H6Cl2F2/c9-8(10,5-11)6-1-3-7(12)4-2-6/h1-4H,5H2. The molecule has 0 aliphatic heterocycles. The van der Waals surface area contributed by atoms with E-state index in [1.807, 2.05) is 0 Å². The monoisotopic (exact) mass is 210 g/mol. The molecule has 0 amide bonds. The van der Waals surface area contributed by atoms with Gasteiger partial charge >= 0.3 is 0 Å². The lowest BCUT2D eigenvalue weighted by Crippen LogP contribution is -2.12. The molecule has 0 aliphatic rings. The molecule has 0 saturated carbocycles. The maximum atomic E-state index is 12.4. The van der Waals surface area contributed by atoms with Crippen LogP contribution in [-0.4, -0.2) is 6.67 Å². The highest BCUT2D eigenvalue weighted by atomic mass is 35.5. The summed E-state index contributed by atoms with van der Waals surface area (Å²) in [7, 11) is 0. The van der Waals surface area contributed by atoms with Gasteiger partial charge in [0, 0.05) is 0 Å². The van der Waals surface area contributed by atoms with Gasteiger partial charge in [0.15, 0.2) is 4.33 Å². The highest BCUT2D eigenvalue weighted by Gasteiger charge is 2.26. The predicted molar refractivity (Wildman–Crippen MR) is 45.8 cm³/mol. The molecular formula is C8H6Cl2F2. The van der Waals surface area contributed by atoms with Gasteiger partial charge in [-0.05, 0) is 17.7 Å². The Balaban J connectivity index is 2.96. The molecule has 0 nitrogen and oxygen atoms in total. The van der Waals surface area contributed by atoms with Gasteiger partial charge in [0.25, 0.3) is 0 Å². The molecule has 0 bridgehead atoms. The molecule has 0 unspecified atom stereocenters. The van der Waals surface area contributed by atoms with Gasteiger partial charge in [0.1, 0.15) is 12.5 Å². The third-order valence-corrected chi connectivity index (χ3v) is 2.07. The minimum atomic E-state index is -1.56. The zero-order valence-electron chi connectivity index (χ0n) is 6.03. The van der Waals surface area contributed by atoms with Gasteiger partial charge in [-0.1, -0.05) is 35.3 Å². The fourth-order valence-electron chi connectivity index (χ4n) is 0.771. The first kappa shape index (κ1) is 9.75. The molecular weight excluding hydrogens is 205 g/mol. The largest absolute Gasteiger partial charge is 0.247 e. The van der Waals surface area contributed by atoms with Crippen LogP contribution in [0.3, 0.4) is 0 Å². The van der Waals surface area contributed by atoms with Crippen molar-refractivity contribution in [2.45, 2.75) is 4.33 Å². The van der Waals surface area contributed by atoms with E-state index in [9.17, 15) is 8.78 Å². The normalized spacial score (nSPS) is 11.7. The number of hydrogen-bond acceptors (Lipinski definition) is 0. The molecule has 0 fully saturated rings. The first-order chi connectivity index (χ1) is 5.56. The minimum absolute atomic E-state index is 0.356. The molecule has 0 saturated heterocycles. The van der Waals surface area contributed by atoms with Crippen LogP contribution in [0.25, 0.3) is 0 Å². The highest BCUT2D eigenvalue weighted by molar-refractivity contribution is 6.48. The smallest absolute Gasteiger partial charge is 0.171 e. The van der Waals surface area contributed by atoms with Crippen molar-refractivity contribution in [1.82, 2.24) is 0 Å². The lowest BCUT2D eigenvalue weighted by molar-refractivity contribution is 0.463. The van der Waals surface area contributed by atoms with Crippen LogP contribution in [0.4, 0.5) is 8.78 Å². The second-order valence-corrected chi connectivity index (χ2v) is 3.83. The van der Waals surface area contributed by atoms with Crippen LogP contribution in [0.5, 0.6) is 0 Å². The molecule has 66 valence electrons. The Morgan fingerprint density at radius 1 is 1.17 bits per heavy atom. The zero-order chi connectivity index (χ0) is 9.19. The van der Waals surface area contributed by atoms with Crippen LogP contribution < -0.4 is 0 Å². The molecule has 0 heterocycles. The van der Waals surface area contributed by atoms with Crippen molar-refractivity contribution >= 4 is 23.2 Å². The maximum Gasteiger partial charge on any atom is 0.171 e. The Hall–Kier alpha value is -0.340. The van der Waals surface area contributed by atoms with Crippen LogP contribution >= 0.6 is 23.2 Å². The summed E-state index contributed by atoms with van der Waals surface area (Å²) in [5.74, 6) is -0.401. The number of alkyl halides is 3.